The molecule has 4 aromatic rings. The Kier molecular flexibility index (Phi) is 9.60. The number of amides is 1. The molecule has 12 nitrogen and oxygen atoms in total. The number of alkyl halides is 3. The summed E-state index contributed by atoms with van der Waals surface area (Å²) < 4.78 is 89.9. The zero-order valence-corrected chi connectivity index (χ0v) is 25.8. The number of nitrogens with one attached hydrogen (secondary N) is 3. The Morgan fingerprint density at radius 2 is 1.96 bits per heavy atom. The summed E-state index contributed by atoms with van der Waals surface area (Å²) >= 11 is 0. The molecule has 0 unspecified atom stereocenters. The molecule has 0 radical (unpaired) electrons. The van der Waals surface area contributed by atoms with Crippen LogP contribution in [0.5, 0.6) is 5.75 Å². The minimum absolute atomic E-state index is 0.00848. The highest BCUT2D eigenvalue weighted by molar-refractivity contribution is 7.53. The van der Waals surface area contributed by atoms with Crippen molar-refractivity contribution in [2.24, 2.45) is 0 Å². The number of benzene rings is 2. The number of carbonyl (C=O) groups is 1. The molecule has 0 fully saturated rings. The molecule has 4 aliphatic rings. The van der Waals surface area contributed by atoms with Gasteiger partial charge in [-0.05, 0) is 43.2 Å². The van der Waals surface area contributed by atoms with Crippen LogP contribution in [0.25, 0.3) is 11.1 Å². The van der Waals surface area contributed by atoms with Crippen LogP contribution in [0.15, 0.2) is 48.9 Å². The smallest absolute Gasteiger partial charge is 0.421 e. The number of methoxy groups -OCH3 is 1. The van der Waals surface area contributed by atoms with E-state index in [0.717, 1.165) is 0 Å². The van der Waals surface area contributed by atoms with Gasteiger partial charge in [-0.15, -0.1) is 0 Å². The van der Waals surface area contributed by atoms with E-state index in [4.69, 9.17) is 13.8 Å². The van der Waals surface area contributed by atoms with Gasteiger partial charge in [-0.3, -0.25) is 14.0 Å². The van der Waals surface area contributed by atoms with Crippen LogP contribution in [-0.4, -0.2) is 53.0 Å². The standard InChI is InChI=1S/C29H30F4N7O5P/c1-4-44-46(42)16-17-6-8-21(23(12-17)43-3)38-28-35-14-20(29(31,32)33)26(39-28)37-22-9-7-19(25(30)24(22)27(41)34-2)18-13-36-40(15-18)10-5-11-45-46/h6-9,12-15H,4-5,10-11,16H2,1-3H3,(H,34,41)(H2,35,37,38,39)/t46-/m0/s1. The topological polar surface area (TPSA) is 142 Å². The Morgan fingerprint density at radius 1 is 1.17 bits per heavy atom. The molecule has 1 atom stereocenters. The molecule has 3 N–H and O–H groups in total. The van der Waals surface area contributed by atoms with Crippen molar-refractivity contribution >= 4 is 36.6 Å². The second-order valence-corrected chi connectivity index (χ2v) is 12.1. The maximum absolute atomic E-state index is 16.0. The number of aromatic nitrogens is 4. The number of anilines is 4. The average Bonchev–Trinajstić information content (AvgIpc) is 3.48. The SMILES string of the molecule is CCO[P@@]1(=O)Cc2ccc(c(OC)c2)Nc2ncc(C(F)(F)F)c(n2)Nc2ccc(c(F)c2C(=O)NC)-c2cnn(c2)CCCO1. The van der Waals surface area contributed by atoms with Crippen molar-refractivity contribution in [3.8, 4) is 16.9 Å². The Labute approximate surface area is 261 Å². The summed E-state index contributed by atoms with van der Waals surface area (Å²) in [4.78, 5) is 20.7. The van der Waals surface area contributed by atoms with Crippen molar-refractivity contribution in [2.75, 3.05) is 38.0 Å². The van der Waals surface area contributed by atoms with Crippen molar-refractivity contribution < 1.29 is 40.7 Å². The van der Waals surface area contributed by atoms with Gasteiger partial charge in [0.1, 0.15) is 22.9 Å². The fourth-order valence-corrected chi connectivity index (χ4v) is 6.49. The predicted octanol–water partition coefficient (Wildman–Crippen LogP) is 6.50. The van der Waals surface area contributed by atoms with E-state index in [1.807, 2.05) is 0 Å². The zero-order chi connectivity index (χ0) is 33.1. The Balaban J connectivity index is 1.65. The van der Waals surface area contributed by atoms with Crippen LogP contribution in [-0.2, 0) is 32.5 Å². The van der Waals surface area contributed by atoms with Gasteiger partial charge in [-0.1, -0.05) is 6.07 Å². The number of ether oxygens (including phenoxy) is 1. The molecular weight excluding hydrogens is 633 g/mol. The van der Waals surface area contributed by atoms with Gasteiger partial charge in [0.05, 0.1) is 49.6 Å². The molecule has 46 heavy (non-hydrogen) atoms. The molecule has 244 valence electrons. The molecule has 1 amide bonds. The summed E-state index contributed by atoms with van der Waals surface area (Å²) in [6.45, 7) is 2.23. The first kappa shape index (κ1) is 32.9. The largest absolute Gasteiger partial charge is 0.495 e. The van der Waals surface area contributed by atoms with Crippen LogP contribution in [0.3, 0.4) is 0 Å². The van der Waals surface area contributed by atoms with Crippen LogP contribution >= 0.6 is 7.60 Å². The lowest BCUT2D eigenvalue weighted by Crippen LogP contribution is -2.22. The fourth-order valence-electron chi connectivity index (χ4n) is 4.78. The third kappa shape index (κ3) is 7.14. The van der Waals surface area contributed by atoms with Crippen molar-refractivity contribution in [3.05, 3.63) is 71.4 Å². The summed E-state index contributed by atoms with van der Waals surface area (Å²) in [6.07, 6.45) is -1.09. The van der Waals surface area contributed by atoms with E-state index < -0.39 is 42.4 Å². The first-order valence-corrected chi connectivity index (χ1v) is 15.8. The molecule has 8 bridgehead atoms. The van der Waals surface area contributed by atoms with E-state index in [0.29, 0.717) is 30.3 Å². The van der Waals surface area contributed by atoms with Crippen LogP contribution in [0, 0.1) is 5.82 Å². The Morgan fingerprint density at radius 3 is 2.67 bits per heavy atom. The minimum Gasteiger partial charge on any atom is -0.495 e. The van der Waals surface area contributed by atoms with Crippen molar-refractivity contribution in [2.45, 2.75) is 32.2 Å². The lowest BCUT2D eigenvalue weighted by atomic mass is 10.0. The van der Waals surface area contributed by atoms with Crippen LogP contribution in [0.4, 0.5) is 40.7 Å². The molecule has 8 rings (SSSR count). The maximum Gasteiger partial charge on any atom is 0.421 e. The zero-order valence-electron chi connectivity index (χ0n) is 24.9. The Hall–Kier alpha value is -4.53. The van der Waals surface area contributed by atoms with Crippen molar-refractivity contribution in [3.63, 3.8) is 0 Å². The van der Waals surface area contributed by atoms with E-state index >= 15 is 4.39 Å². The van der Waals surface area contributed by atoms with E-state index in [2.05, 4.69) is 31.0 Å². The quantitative estimate of drug-likeness (QED) is 0.164. The molecule has 0 saturated carbocycles. The van der Waals surface area contributed by atoms with Gasteiger partial charge in [-0.2, -0.15) is 23.3 Å². The summed E-state index contributed by atoms with van der Waals surface area (Å²) in [6, 6.07) is 7.36. The highest BCUT2D eigenvalue weighted by atomic mass is 31.2. The minimum atomic E-state index is -4.90. The van der Waals surface area contributed by atoms with E-state index in [1.54, 1.807) is 31.3 Å². The second kappa shape index (κ2) is 13.4. The lowest BCUT2D eigenvalue weighted by Gasteiger charge is -2.20. The average molecular weight is 664 g/mol. The highest BCUT2D eigenvalue weighted by Gasteiger charge is 2.36. The third-order valence-corrected chi connectivity index (χ3v) is 8.90. The summed E-state index contributed by atoms with van der Waals surface area (Å²) in [5.74, 6) is -2.63. The van der Waals surface area contributed by atoms with Gasteiger partial charge >= 0.3 is 13.8 Å². The normalized spacial score (nSPS) is 16.9. The first-order valence-electron chi connectivity index (χ1n) is 14.1. The van der Waals surface area contributed by atoms with Crippen LogP contribution in [0.1, 0.15) is 34.8 Å². The molecule has 6 heterocycles. The second-order valence-electron chi connectivity index (χ2n) is 10.0. The number of hydrogen-bond acceptors (Lipinski definition) is 10. The van der Waals surface area contributed by atoms with Gasteiger partial charge < -0.3 is 29.7 Å². The van der Waals surface area contributed by atoms with Crippen LogP contribution < -0.4 is 20.7 Å². The van der Waals surface area contributed by atoms with Crippen LogP contribution in [0.2, 0.25) is 0 Å². The number of rotatable bonds is 4. The molecule has 17 heteroatoms. The molecular formula is C29H30F4N7O5P. The number of carbonyl (C=O) groups excluding carboxylic acids is 1. The van der Waals surface area contributed by atoms with Gasteiger partial charge in [0.2, 0.25) is 5.95 Å². The molecule has 2 aromatic heterocycles. The number of aryl methyl sites for hydroxylation is 1. The summed E-state index contributed by atoms with van der Waals surface area (Å²) in [7, 11) is -0.946. The van der Waals surface area contributed by atoms with Gasteiger partial charge in [0.25, 0.3) is 5.91 Å². The van der Waals surface area contributed by atoms with Gasteiger partial charge in [0, 0.05) is 37.1 Å². The number of hydrogen-bond donors (Lipinski definition) is 3. The number of nitrogens with zero attached hydrogens (tertiary/aromatic N) is 4. The summed E-state index contributed by atoms with van der Waals surface area (Å²) in [5.41, 5.74) is -0.901. The van der Waals surface area contributed by atoms with E-state index in [1.165, 1.54) is 37.2 Å². The molecule has 0 spiro atoms. The summed E-state index contributed by atoms with van der Waals surface area (Å²) in [5, 5.41) is 11.9. The molecule has 0 aliphatic carbocycles. The molecule has 2 aromatic carbocycles. The predicted molar refractivity (Wildman–Crippen MR) is 161 cm³/mol. The van der Waals surface area contributed by atoms with Gasteiger partial charge in [-0.25, -0.2) is 9.37 Å². The van der Waals surface area contributed by atoms with Crippen molar-refractivity contribution in [1.29, 1.82) is 0 Å². The molecule has 0 saturated heterocycles. The monoisotopic (exact) mass is 663 g/mol. The third-order valence-electron chi connectivity index (χ3n) is 6.92. The lowest BCUT2D eigenvalue weighted by molar-refractivity contribution is -0.137. The first-order chi connectivity index (χ1) is 21.9. The van der Waals surface area contributed by atoms with Crippen molar-refractivity contribution in [1.82, 2.24) is 25.1 Å². The maximum atomic E-state index is 16.0. The van der Waals surface area contributed by atoms with E-state index in [-0.39, 0.29) is 48.0 Å². The fraction of sp³-hybridized carbons (Fsp3) is 0.310. The molecule has 4 aliphatic heterocycles. The Bertz CT molecular complexity index is 1800. The van der Waals surface area contributed by atoms with Gasteiger partial charge in [0.15, 0.2) is 0 Å². The van der Waals surface area contributed by atoms with E-state index in [9.17, 15) is 22.5 Å². The number of halogens is 4. The highest BCUT2D eigenvalue weighted by Crippen LogP contribution is 2.52.